The Hall–Kier alpha value is -3.69. The molecule has 0 amide bonds. The van der Waals surface area contributed by atoms with Crippen molar-refractivity contribution >= 4 is 29.3 Å². The van der Waals surface area contributed by atoms with Crippen molar-refractivity contribution in [1.82, 2.24) is 0 Å². The van der Waals surface area contributed by atoms with Gasteiger partial charge in [0.15, 0.2) is 24.8 Å². The molecule has 6 rings (SSSR count). The molecule has 10 heteroatoms. The van der Waals surface area contributed by atoms with Crippen LogP contribution in [-0.4, -0.2) is 65.4 Å². The lowest BCUT2D eigenvalue weighted by Gasteiger charge is -2.62. The summed E-state index contributed by atoms with van der Waals surface area (Å²) in [6.45, 7) is 7.67. The molecule has 4 aliphatic carbocycles. The van der Waals surface area contributed by atoms with Gasteiger partial charge in [0.1, 0.15) is 12.2 Å². The molecule has 53 heavy (non-hydrogen) atoms. The fourth-order valence-corrected chi connectivity index (χ4v) is 11.4. The Bertz CT molecular complexity index is 1600. The molecular weight excluding hydrogens is 668 g/mol. The number of anilines is 2. The van der Waals surface area contributed by atoms with Crippen LogP contribution in [0.5, 0.6) is 0 Å². The molecule has 2 heterocycles. The second-order valence-corrected chi connectivity index (χ2v) is 17.7. The van der Waals surface area contributed by atoms with E-state index in [0.29, 0.717) is 41.9 Å². The molecule has 10 atom stereocenters. The van der Waals surface area contributed by atoms with Gasteiger partial charge in [-0.2, -0.15) is 9.13 Å². The average Bonchev–Trinajstić information content (AvgIpc) is 3.48. The highest BCUT2D eigenvalue weighted by Crippen LogP contribution is 2.69. The Morgan fingerprint density at radius 1 is 0.755 bits per heavy atom. The number of ether oxygens (including phenoxy) is 3. The second kappa shape index (κ2) is 16.0. The zero-order valence-electron chi connectivity index (χ0n) is 33.5. The Labute approximate surface area is 317 Å². The first-order chi connectivity index (χ1) is 25.2. The van der Waals surface area contributed by atoms with Crippen molar-refractivity contribution < 1.29 is 37.7 Å². The van der Waals surface area contributed by atoms with Crippen LogP contribution in [0.3, 0.4) is 0 Å². The van der Waals surface area contributed by atoms with Crippen LogP contribution in [0.25, 0.3) is 0 Å². The van der Waals surface area contributed by atoms with Gasteiger partial charge in [0.2, 0.25) is 13.1 Å². The molecular formula is C43H64N4O6+2. The van der Waals surface area contributed by atoms with Crippen molar-refractivity contribution in [2.45, 2.75) is 110 Å². The Balaban J connectivity index is 1.19. The number of carbonyl (C=O) groups excluding carboxylic acids is 3. The molecule has 4 fully saturated rings. The van der Waals surface area contributed by atoms with E-state index >= 15 is 0 Å². The van der Waals surface area contributed by atoms with Crippen molar-refractivity contribution in [3.63, 3.8) is 0 Å². The number of nitrogens with zero attached hydrogens (tertiary/aromatic N) is 4. The van der Waals surface area contributed by atoms with E-state index in [1.165, 1.54) is 7.11 Å². The number of esters is 3. The van der Waals surface area contributed by atoms with Gasteiger partial charge < -0.3 is 24.0 Å². The Kier molecular flexibility index (Phi) is 11.7. The number of carbonyl (C=O) groups is 3. The zero-order chi connectivity index (χ0) is 38.1. The van der Waals surface area contributed by atoms with E-state index in [1.807, 2.05) is 96.2 Å². The minimum absolute atomic E-state index is 0.0971. The molecule has 0 unspecified atom stereocenters. The predicted octanol–water partition coefficient (Wildman–Crippen LogP) is 5.78. The first kappa shape index (κ1) is 39.0. The number of hydrogen-bond donors (Lipinski definition) is 0. The van der Waals surface area contributed by atoms with Gasteiger partial charge in [-0.1, -0.05) is 20.8 Å². The Morgan fingerprint density at radius 3 is 1.87 bits per heavy atom. The fourth-order valence-electron chi connectivity index (χ4n) is 11.4. The molecule has 0 bridgehead atoms. The highest BCUT2D eigenvalue weighted by Gasteiger charge is 2.64. The van der Waals surface area contributed by atoms with Crippen molar-refractivity contribution in [2.24, 2.45) is 46.3 Å². The minimum atomic E-state index is -0.207. The average molecular weight is 733 g/mol. The first-order valence-electron chi connectivity index (χ1n) is 20.0. The van der Waals surface area contributed by atoms with Gasteiger partial charge in [0, 0.05) is 76.2 Å². The lowest BCUT2D eigenvalue weighted by molar-refractivity contribution is -0.686. The molecule has 0 spiro atoms. The van der Waals surface area contributed by atoms with Crippen LogP contribution in [-0.2, 0) is 41.7 Å². The van der Waals surface area contributed by atoms with Gasteiger partial charge in [0.05, 0.1) is 7.11 Å². The fraction of sp³-hybridized carbons (Fsp3) is 0.698. The lowest BCUT2D eigenvalue weighted by atomic mass is 9.43. The SMILES string of the molecule is COC(=O)CC[C@@H](C)[C@H]1CC[C@H]2[C@@H]3[C@H](OC(=O)C[n+]4ccc(N(C)C)cc4)C[C@@H]4C[C@H](OC(=O)C[n+]5ccc(N(C)C)cc5)CC[C@]4(C)[C@H]3CC[C@]12C. The summed E-state index contributed by atoms with van der Waals surface area (Å²) in [5.41, 5.74) is 2.39. The summed E-state index contributed by atoms with van der Waals surface area (Å²) in [4.78, 5) is 43.2. The van der Waals surface area contributed by atoms with E-state index < -0.39 is 0 Å². The minimum Gasteiger partial charge on any atom is -0.469 e. The number of fused-ring (bicyclic) bond motifs is 5. The molecule has 4 saturated carbocycles. The maximum absolute atomic E-state index is 13.8. The number of aromatic nitrogens is 2. The molecule has 0 saturated heterocycles. The molecule has 0 N–H and O–H groups in total. The van der Waals surface area contributed by atoms with Gasteiger partial charge in [-0.3, -0.25) is 4.79 Å². The van der Waals surface area contributed by atoms with Crippen LogP contribution in [0.1, 0.15) is 85.0 Å². The van der Waals surface area contributed by atoms with Gasteiger partial charge in [0.25, 0.3) is 0 Å². The molecule has 0 aliphatic heterocycles. The summed E-state index contributed by atoms with van der Waals surface area (Å²) in [7, 11) is 9.48. The van der Waals surface area contributed by atoms with E-state index in [-0.39, 0.29) is 54.0 Å². The normalized spacial score (nSPS) is 32.3. The standard InChI is InChI=1S/C43H64N4O6/c1-29(9-12-38(48)51-8)34-10-11-35-41-36(14-20-43(34,35)3)42(2)19-13-33(52-39(49)27-46-21-15-31(16-22-46)44(4)5)25-30(42)26-37(41)53-40(50)28-47-23-17-32(18-24-47)45(6)7/h15-18,21-24,29-30,33-37,41H,9-14,19-20,25-28H2,1-8H3/q+2/t29-,30+,33-,34-,35+,36+,37-,41+,42+,43-/m1/s1. The third kappa shape index (κ3) is 8.21. The first-order valence-corrected chi connectivity index (χ1v) is 20.0. The van der Waals surface area contributed by atoms with Crippen molar-refractivity contribution in [3.8, 4) is 0 Å². The third-order valence-electron chi connectivity index (χ3n) is 14.4. The van der Waals surface area contributed by atoms with E-state index in [9.17, 15) is 14.4 Å². The van der Waals surface area contributed by atoms with Crippen molar-refractivity contribution in [3.05, 3.63) is 49.1 Å². The van der Waals surface area contributed by atoms with Gasteiger partial charge in [-0.15, -0.1) is 0 Å². The quantitative estimate of drug-likeness (QED) is 0.154. The van der Waals surface area contributed by atoms with Crippen LogP contribution in [0.15, 0.2) is 49.1 Å². The summed E-state index contributed by atoms with van der Waals surface area (Å²) < 4.78 is 21.6. The van der Waals surface area contributed by atoms with Gasteiger partial charge in [-0.05, 0) is 98.2 Å². The molecule has 290 valence electrons. The molecule has 2 aromatic rings. The van der Waals surface area contributed by atoms with Crippen LogP contribution < -0.4 is 18.9 Å². The second-order valence-electron chi connectivity index (χ2n) is 17.7. The largest absolute Gasteiger partial charge is 0.469 e. The molecule has 0 aromatic carbocycles. The van der Waals surface area contributed by atoms with E-state index in [0.717, 1.165) is 69.2 Å². The molecule has 0 radical (unpaired) electrons. The third-order valence-corrected chi connectivity index (χ3v) is 14.4. The van der Waals surface area contributed by atoms with Gasteiger partial charge in [-0.25, -0.2) is 9.59 Å². The lowest BCUT2D eigenvalue weighted by Crippen LogP contribution is -2.60. The van der Waals surface area contributed by atoms with Crippen LogP contribution in [0.4, 0.5) is 11.4 Å². The summed E-state index contributed by atoms with van der Waals surface area (Å²) in [6.07, 6.45) is 16.8. The van der Waals surface area contributed by atoms with Crippen LogP contribution in [0.2, 0.25) is 0 Å². The maximum atomic E-state index is 13.8. The monoisotopic (exact) mass is 732 g/mol. The molecule has 2 aromatic heterocycles. The summed E-state index contributed by atoms with van der Waals surface area (Å²) in [5, 5.41) is 0. The number of hydrogen-bond acceptors (Lipinski definition) is 8. The summed E-state index contributed by atoms with van der Waals surface area (Å²) in [5.74, 6) is 1.91. The summed E-state index contributed by atoms with van der Waals surface area (Å²) >= 11 is 0. The molecule has 10 nitrogen and oxygen atoms in total. The highest BCUT2D eigenvalue weighted by molar-refractivity contribution is 5.69. The van der Waals surface area contributed by atoms with Crippen LogP contribution in [0, 0.1) is 46.3 Å². The zero-order valence-corrected chi connectivity index (χ0v) is 33.5. The van der Waals surface area contributed by atoms with Crippen LogP contribution >= 0.6 is 0 Å². The van der Waals surface area contributed by atoms with Gasteiger partial charge >= 0.3 is 17.9 Å². The smallest absolute Gasteiger partial charge is 0.372 e. The maximum Gasteiger partial charge on any atom is 0.372 e. The van der Waals surface area contributed by atoms with E-state index in [2.05, 4.69) is 20.8 Å². The predicted molar refractivity (Wildman–Crippen MR) is 203 cm³/mol. The number of methoxy groups -OCH3 is 1. The van der Waals surface area contributed by atoms with E-state index in [4.69, 9.17) is 14.2 Å². The Morgan fingerprint density at radius 2 is 1.30 bits per heavy atom. The van der Waals surface area contributed by atoms with Crippen molar-refractivity contribution in [2.75, 3.05) is 45.1 Å². The summed E-state index contributed by atoms with van der Waals surface area (Å²) in [6, 6.07) is 8.04. The topological polar surface area (TPSA) is 93.1 Å². The van der Waals surface area contributed by atoms with Crippen molar-refractivity contribution in [1.29, 1.82) is 0 Å². The number of pyridine rings is 2. The number of rotatable bonds is 12. The van der Waals surface area contributed by atoms with E-state index in [1.54, 1.807) is 0 Å². The molecule has 4 aliphatic rings. The highest BCUT2D eigenvalue weighted by atomic mass is 16.5.